The number of rotatable bonds is 5. The minimum absolute atomic E-state index is 0.191. The number of carbonyl (C=O) groups excluding carboxylic acids is 1. The summed E-state index contributed by atoms with van der Waals surface area (Å²) in [6.45, 7) is 18.6. The highest BCUT2D eigenvalue weighted by atomic mass is 16.2. The van der Waals surface area contributed by atoms with Crippen LogP contribution in [0.15, 0.2) is 36.4 Å². The van der Waals surface area contributed by atoms with Gasteiger partial charge in [-0.1, -0.05) is 53.5 Å². The van der Waals surface area contributed by atoms with E-state index in [0.717, 1.165) is 23.4 Å². The molecule has 1 aromatic carbocycles. The average molecular weight is 338 g/mol. The lowest BCUT2D eigenvalue weighted by molar-refractivity contribution is 0.252. The second kappa shape index (κ2) is 21.0. The molecule has 140 valence electrons. The van der Waals surface area contributed by atoms with Crippen molar-refractivity contribution in [1.82, 2.24) is 5.32 Å². The van der Waals surface area contributed by atoms with Gasteiger partial charge in [0.15, 0.2) is 0 Å². The van der Waals surface area contributed by atoms with E-state index in [1.54, 1.807) is 0 Å². The first-order valence-corrected chi connectivity index (χ1v) is 9.00. The molecule has 0 atom stereocenters. The van der Waals surface area contributed by atoms with Crippen LogP contribution in [-0.4, -0.2) is 19.6 Å². The van der Waals surface area contributed by atoms with Crippen molar-refractivity contribution in [3.8, 4) is 0 Å². The van der Waals surface area contributed by atoms with Gasteiger partial charge in [0.2, 0.25) is 0 Å². The Balaban J connectivity index is -0.000000549. The molecule has 0 bridgehead atoms. The van der Waals surface area contributed by atoms with Crippen molar-refractivity contribution in [2.24, 2.45) is 0 Å². The Morgan fingerprint density at radius 1 is 1.00 bits per heavy atom. The van der Waals surface area contributed by atoms with Gasteiger partial charge in [-0.15, -0.1) is 6.58 Å². The third-order valence-electron chi connectivity index (χ3n) is 2.27. The molecule has 0 radical (unpaired) electrons. The van der Waals surface area contributed by atoms with E-state index in [1.807, 2.05) is 65.9 Å². The van der Waals surface area contributed by atoms with Crippen LogP contribution in [0.3, 0.4) is 0 Å². The molecule has 0 aliphatic carbocycles. The van der Waals surface area contributed by atoms with Gasteiger partial charge < -0.3 is 16.0 Å². The maximum atomic E-state index is 11.5. The first-order valence-electron chi connectivity index (χ1n) is 9.00. The number of hydrogen-bond donors (Lipinski definition) is 3. The van der Waals surface area contributed by atoms with Gasteiger partial charge in [-0.2, -0.15) is 0 Å². The topological polar surface area (TPSA) is 53.2 Å². The van der Waals surface area contributed by atoms with E-state index in [0.29, 0.717) is 6.54 Å². The lowest BCUT2D eigenvalue weighted by Crippen LogP contribution is -2.29. The third kappa shape index (κ3) is 18.1. The average Bonchev–Trinajstić information content (AvgIpc) is 2.59. The summed E-state index contributed by atoms with van der Waals surface area (Å²) in [5.74, 6) is 0. The Morgan fingerprint density at radius 2 is 1.42 bits per heavy atom. The molecule has 0 saturated carbocycles. The van der Waals surface area contributed by atoms with Crippen molar-refractivity contribution < 1.29 is 4.79 Å². The Labute approximate surface area is 150 Å². The highest BCUT2D eigenvalue weighted by molar-refractivity contribution is 5.89. The Morgan fingerprint density at radius 3 is 1.79 bits per heavy atom. The van der Waals surface area contributed by atoms with Crippen molar-refractivity contribution in [1.29, 1.82) is 0 Å². The largest absolute Gasteiger partial charge is 0.388 e. The predicted molar refractivity (Wildman–Crippen MR) is 111 cm³/mol. The molecule has 0 spiro atoms. The molecule has 0 aliphatic rings. The second-order valence-electron chi connectivity index (χ2n) is 4.62. The van der Waals surface area contributed by atoms with Gasteiger partial charge in [0, 0.05) is 25.0 Å². The van der Waals surface area contributed by atoms with E-state index in [4.69, 9.17) is 0 Å². The molecule has 4 heteroatoms. The molecule has 0 aromatic heterocycles. The second-order valence-corrected chi connectivity index (χ2v) is 4.62. The molecule has 2 amide bonds. The van der Waals surface area contributed by atoms with Crippen LogP contribution in [0.2, 0.25) is 0 Å². The number of benzene rings is 1. The molecule has 0 saturated heterocycles. The number of urea groups is 1. The first-order chi connectivity index (χ1) is 11.5. The fraction of sp³-hybridized carbons (Fsp3) is 0.550. The minimum Gasteiger partial charge on any atom is -0.388 e. The van der Waals surface area contributed by atoms with Crippen molar-refractivity contribution in [3.05, 3.63) is 36.4 Å². The summed E-state index contributed by atoms with van der Waals surface area (Å²) in [7, 11) is 1.85. The summed E-state index contributed by atoms with van der Waals surface area (Å²) in [4.78, 5) is 11.5. The predicted octanol–water partition coefficient (Wildman–Crippen LogP) is 6.28. The fourth-order valence-electron chi connectivity index (χ4n) is 1.28. The van der Waals surface area contributed by atoms with E-state index in [1.165, 1.54) is 6.42 Å². The quantitative estimate of drug-likeness (QED) is 0.553. The van der Waals surface area contributed by atoms with Gasteiger partial charge >= 0.3 is 6.03 Å². The summed E-state index contributed by atoms with van der Waals surface area (Å²) in [6.07, 6.45) is 2.05. The first kappa shape index (κ1) is 26.9. The Hall–Kier alpha value is -1.97. The van der Waals surface area contributed by atoms with Crippen molar-refractivity contribution >= 4 is 17.4 Å². The molecule has 1 aromatic rings. The number of nitrogens with one attached hydrogen (secondary N) is 3. The summed E-state index contributed by atoms with van der Waals surface area (Å²) in [5, 5.41) is 8.54. The number of carbonyl (C=O) groups is 1. The lowest BCUT2D eigenvalue weighted by atomic mass is 10.2. The summed E-state index contributed by atoms with van der Waals surface area (Å²) in [5.41, 5.74) is 2.85. The van der Waals surface area contributed by atoms with E-state index in [9.17, 15) is 4.79 Å². The highest BCUT2D eigenvalue weighted by Gasteiger charge is 2.00. The Kier molecular flexibility index (Phi) is 23.6. The molecule has 0 fully saturated rings. The van der Waals surface area contributed by atoms with Crippen LogP contribution in [0.1, 0.15) is 61.3 Å². The monoisotopic (exact) mass is 337 g/mol. The Bertz CT molecular complexity index is 400. The van der Waals surface area contributed by atoms with Crippen LogP contribution in [0.4, 0.5) is 16.2 Å². The molecule has 3 N–H and O–H groups in total. The molecular weight excluding hydrogens is 298 g/mol. The van der Waals surface area contributed by atoms with E-state index in [-0.39, 0.29) is 6.03 Å². The summed E-state index contributed by atoms with van der Waals surface area (Å²) in [6, 6.07) is 7.32. The van der Waals surface area contributed by atoms with Crippen LogP contribution < -0.4 is 16.0 Å². The smallest absolute Gasteiger partial charge is 0.319 e. The molecule has 24 heavy (non-hydrogen) atoms. The zero-order chi connectivity index (χ0) is 19.4. The van der Waals surface area contributed by atoms with Gasteiger partial charge in [-0.05, 0) is 37.6 Å². The van der Waals surface area contributed by atoms with Gasteiger partial charge in [0.05, 0.1) is 0 Å². The fourth-order valence-corrected chi connectivity index (χ4v) is 1.28. The van der Waals surface area contributed by atoms with Crippen LogP contribution in [-0.2, 0) is 0 Å². The van der Waals surface area contributed by atoms with Crippen LogP contribution in [0.25, 0.3) is 0 Å². The highest BCUT2D eigenvalue weighted by Crippen LogP contribution is 2.12. The summed E-state index contributed by atoms with van der Waals surface area (Å²) < 4.78 is 0. The zero-order valence-corrected chi connectivity index (χ0v) is 17.0. The third-order valence-corrected chi connectivity index (χ3v) is 2.27. The maximum absolute atomic E-state index is 11.5. The van der Waals surface area contributed by atoms with Gasteiger partial charge in [0.1, 0.15) is 0 Å². The number of amides is 2. The lowest BCUT2D eigenvalue weighted by Gasteiger charge is -2.08. The molecule has 4 nitrogen and oxygen atoms in total. The standard InChI is InChI=1S/C13H19N3O.C3H8.2C2H6/c1-10(2)8-9-15-13(17)16-12-6-4-11(14-3)5-7-12;1-3-2;2*1-2/h4-7,14H,1,8-9H2,2-3H3,(H2,15,16,17);3H2,1-2H3;2*1-2H3. The van der Waals surface area contributed by atoms with Gasteiger partial charge in [0.25, 0.3) is 0 Å². The summed E-state index contributed by atoms with van der Waals surface area (Å²) >= 11 is 0. The number of hydrogen-bond acceptors (Lipinski definition) is 2. The van der Waals surface area contributed by atoms with E-state index in [2.05, 4.69) is 36.4 Å². The minimum atomic E-state index is -0.191. The number of anilines is 2. The molecule has 0 aliphatic heterocycles. The van der Waals surface area contributed by atoms with Gasteiger partial charge in [-0.25, -0.2) is 4.79 Å². The molecule has 0 unspecified atom stereocenters. The maximum Gasteiger partial charge on any atom is 0.319 e. The zero-order valence-electron chi connectivity index (χ0n) is 17.0. The van der Waals surface area contributed by atoms with Gasteiger partial charge in [-0.3, -0.25) is 0 Å². The van der Waals surface area contributed by atoms with Crippen molar-refractivity contribution in [3.63, 3.8) is 0 Å². The molecule has 0 heterocycles. The molecular formula is C20H39N3O. The molecule has 1 rings (SSSR count). The van der Waals surface area contributed by atoms with Crippen LogP contribution in [0.5, 0.6) is 0 Å². The van der Waals surface area contributed by atoms with Crippen molar-refractivity contribution in [2.45, 2.75) is 61.3 Å². The van der Waals surface area contributed by atoms with E-state index < -0.39 is 0 Å². The van der Waals surface area contributed by atoms with Crippen LogP contribution in [0, 0.1) is 0 Å². The van der Waals surface area contributed by atoms with E-state index >= 15 is 0 Å². The van der Waals surface area contributed by atoms with Crippen molar-refractivity contribution in [2.75, 3.05) is 24.2 Å². The SMILES string of the molecule is C=C(C)CCNC(=O)Nc1ccc(NC)cc1.CC.CC.CCC. The normalized spacial score (nSPS) is 8.00. The van der Waals surface area contributed by atoms with Crippen LogP contribution >= 0.6 is 0 Å².